The minimum atomic E-state index is -0.319. The highest BCUT2D eigenvalue weighted by Gasteiger charge is 2.14. The molecule has 2 rings (SSSR count). The van der Waals surface area contributed by atoms with Crippen molar-refractivity contribution >= 4 is 0 Å². The smallest absolute Gasteiger partial charge is 0.179 e. The molecule has 0 bridgehead atoms. The summed E-state index contributed by atoms with van der Waals surface area (Å²) in [6.45, 7) is 0. The summed E-state index contributed by atoms with van der Waals surface area (Å²) in [7, 11) is 3.03. The van der Waals surface area contributed by atoms with Gasteiger partial charge in [0.15, 0.2) is 11.5 Å². The van der Waals surface area contributed by atoms with Crippen LogP contribution in [0.5, 0.6) is 11.5 Å². The average Bonchev–Trinajstić information content (AvgIpc) is 2.38. The fourth-order valence-electron chi connectivity index (χ4n) is 1.66. The highest BCUT2D eigenvalue weighted by atomic mass is 19.1. The molecule has 0 saturated carbocycles. The molecule has 0 aliphatic rings. The van der Waals surface area contributed by atoms with E-state index in [0.29, 0.717) is 22.6 Å². The molecule has 0 unspecified atom stereocenters. The normalized spacial score (nSPS) is 10.1. The predicted molar refractivity (Wildman–Crippen MR) is 62.7 cm³/mol. The lowest BCUT2D eigenvalue weighted by atomic mass is 10.1. The van der Waals surface area contributed by atoms with Crippen LogP contribution >= 0.6 is 0 Å². The summed E-state index contributed by atoms with van der Waals surface area (Å²) in [5.41, 5.74) is 1.01. The van der Waals surface area contributed by atoms with Gasteiger partial charge in [0.25, 0.3) is 0 Å². The fraction of sp³-hybridized carbons (Fsp3) is 0.154. The summed E-state index contributed by atoms with van der Waals surface area (Å²) in [5, 5.41) is 0. The van der Waals surface area contributed by atoms with Gasteiger partial charge in [-0.2, -0.15) is 0 Å². The van der Waals surface area contributed by atoms with Crippen molar-refractivity contribution in [2.24, 2.45) is 0 Å². The first-order chi connectivity index (χ1) is 8.27. The first-order valence-electron chi connectivity index (χ1n) is 5.08. The quantitative estimate of drug-likeness (QED) is 0.816. The van der Waals surface area contributed by atoms with E-state index in [1.807, 2.05) is 0 Å². The van der Waals surface area contributed by atoms with Crippen molar-refractivity contribution in [1.82, 2.24) is 4.98 Å². The number of pyridine rings is 1. The molecule has 88 valence electrons. The molecule has 0 spiro atoms. The summed E-state index contributed by atoms with van der Waals surface area (Å²) in [5.74, 6) is 0.640. The van der Waals surface area contributed by atoms with Crippen LogP contribution in [0.3, 0.4) is 0 Å². The van der Waals surface area contributed by atoms with Gasteiger partial charge in [-0.3, -0.25) is 4.98 Å². The van der Waals surface area contributed by atoms with Gasteiger partial charge >= 0.3 is 0 Å². The highest BCUT2D eigenvalue weighted by Crippen LogP contribution is 2.37. The summed E-state index contributed by atoms with van der Waals surface area (Å²) in [4.78, 5) is 4.01. The zero-order chi connectivity index (χ0) is 12.3. The maximum atomic E-state index is 13.7. The summed E-state index contributed by atoms with van der Waals surface area (Å²) in [6.07, 6.45) is 3.09. The van der Waals surface area contributed by atoms with E-state index in [1.54, 1.807) is 24.4 Å². The van der Waals surface area contributed by atoms with Crippen molar-refractivity contribution in [3.05, 3.63) is 42.5 Å². The second-order valence-electron chi connectivity index (χ2n) is 3.40. The van der Waals surface area contributed by atoms with Crippen molar-refractivity contribution in [2.75, 3.05) is 14.2 Å². The molecule has 1 heterocycles. The molecular weight excluding hydrogens is 221 g/mol. The lowest BCUT2D eigenvalue weighted by Crippen LogP contribution is -1.95. The van der Waals surface area contributed by atoms with E-state index < -0.39 is 0 Å². The minimum absolute atomic E-state index is 0.319. The van der Waals surface area contributed by atoms with Gasteiger partial charge in [0.1, 0.15) is 5.82 Å². The molecule has 0 radical (unpaired) electrons. The third-order valence-electron chi connectivity index (χ3n) is 2.45. The molecule has 0 amide bonds. The molecule has 2 aromatic rings. The standard InChI is InChI=1S/C13H12FNO2/c1-16-12-8-15-7-10(13(12)17-2)9-5-3-4-6-11(9)14/h3-8H,1-2H3. The third kappa shape index (κ3) is 2.06. The Morgan fingerprint density at radius 2 is 1.76 bits per heavy atom. The van der Waals surface area contributed by atoms with Gasteiger partial charge in [-0.25, -0.2) is 4.39 Å². The molecular formula is C13H12FNO2. The van der Waals surface area contributed by atoms with Crippen LogP contribution in [0.25, 0.3) is 11.1 Å². The Labute approximate surface area is 98.8 Å². The van der Waals surface area contributed by atoms with Crippen molar-refractivity contribution in [3.8, 4) is 22.6 Å². The Hall–Kier alpha value is -2.10. The van der Waals surface area contributed by atoms with E-state index in [4.69, 9.17) is 9.47 Å². The SMILES string of the molecule is COc1cncc(-c2ccccc2F)c1OC. The number of nitrogens with zero attached hydrogens (tertiary/aromatic N) is 1. The van der Waals surface area contributed by atoms with Crippen molar-refractivity contribution in [3.63, 3.8) is 0 Å². The topological polar surface area (TPSA) is 31.4 Å². The van der Waals surface area contributed by atoms with Crippen LogP contribution in [0.15, 0.2) is 36.7 Å². The second-order valence-corrected chi connectivity index (χ2v) is 3.40. The van der Waals surface area contributed by atoms with Gasteiger partial charge in [-0.15, -0.1) is 0 Å². The van der Waals surface area contributed by atoms with E-state index >= 15 is 0 Å². The number of hydrogen-bond acceptors (Lipinski definition) is 3. The minimum Gasteiger partial charge on any atom is -0.492 e. The molecule has 4 heteroatoms. The molecule has 0 aliphatic carbocycles. The van der Waals surface area contributed by atoms with Gasteiger partial charge < -0.3 is 9.47 Å². The van der Waals surface area contributed by atoms with E-state index in [9.17, 15) is 4.39 Å². The third-order valence-corrected chi connectivity index (χ3v) is 2.45. The molecule has 1 aromatic carbocycles. The van der Waals surface area contributed by atoms with E-state index in [0.717, 1.165) is 0 Å². The molecule has 17 heavy (non-hydrogen) atoms. The Bertz CT molecular complexity index is 529. The van der Waals surface area contributed by atoms with Gasteiger partial charge in [0.2, 0.25) is 0 Å². The number of benzene rings is 1. The Kier molecular flexibility index (Phi) is 3.23. The zero-order valence-corrected chi connectivity index (χ0v) is 9.61. The highest BCUT2D eigenvalue weighted by molar-refractivity contribution is 5.73. The largest absolute Gasteiger partial charge is 0.492 e. The molecule has 0 saturated heterocycles. The number of ether oxygens (including phenoxy) is 2. The maximum absolute atomic E-state index is 13.7. The van der Waals surface area contributed by atoms with Crippen LogP contribution in [-0.4, -0.2) is 19.2 Å². The molecule has 0 aliphatic heterocycles. The van der Waals surface area contributed by atoms with Crippen LogP contribution in [-0.2, 0) is 0 Å². The lowest BCUT2D eigenvalue weighted by molar-refractivity contribution is 0.354. The van der Waals surface area contributed by atoms with Crippen LogP contribution in [0, 0.1) is 5.82 Å². The Morgan fingerprint density at radius 1 is 1.00 bits per heavy atom. The summed E-state index contributed by atoms with van der Waals surface area (Å²) < 4.78 is 24.1. The first-order valence-corrected chi connectivity index (χ1v) is 5.08. The number of methoxy groups -OCH3 is 2. The van der Waals surface area contributed by atoms with Crippen molar-refractivity contribution in [1.29, 1.82) is 0 Å². The van der Waals surface area contributed by atoms with Gasteiger partial charge in [0.05, 0.1) is 20.4 Å². The predicted octanol–water partition coefficient (Wildman–Crippen LogP) is 2.90. The second kappa shape index (κ2) is 4.82. The molecule has 3 nitrogen and oxygen atoms in total. The van der Waals surface area contributed by atoms with Gasteiger partial charge in [0, 0.05) is 17.3 Å². The average molecular weight is 233 g/mol. The molecule has 0 fully saturated rings. The maximum Gasteiger partial charge on any atom is 0.179 e. The first kappa shape index (κ1) is 11.4. The Balaban J connectivity index is 2.63. The fourth-order valence-corrected chi connectivity index (χ4v) is 1.66. The monoisotopic (exact) mass is 233 g/mol. The van der Waals surface area contributed by atoms with E-state index in [-0.39, 0.29) is 5.82 Å². The van der Waals surface area contributed by atoms with Crippen LogP contribution < -0.4 is 9.47 Å². The van der Waals surface area contributed by atoms with Crippen LogP contribution in [0.2, 0.25) is 0 Å². The summed E-state index contributed by atoms with van der Waals surface area (Å²) >= 11 is 0. The number of rotatable bonds is 3. The van der Waals surface area contributed by atoms with Crippen LogP contribution in [0.4, 0.5) is 4.39 Å². The number of hydrogen-bond donors (Lipinski definition) is 0. The number of halogens is 1. The van der Waals surface area contributed by atoms with Gasteiger partial charge in [-0.05, 0) is 6.07 Å². The molecule has 0 atom stereocenters. The molecule has 1 aromatic heterocycles. The van der Waals surface area contributed by atoms with Crippen molar-refractivity contribution < 1.29 is 13.9 Å². The zero-order valence-electron chi connectivity index (χ0n) is 9.61. The van der Waals surface area contributed by atoms with E-state index in [1.165, 1.54) is 26.5 Å². The Morgan fingerprint density at radius 3 is 2.41 bits per heavy atom. The van der Waals surface area contributed by atoms with Crippen molar-refractivity contribution in [2.45, 2.75) is 0 Å². The van der Waals surface area contributed by atoms with Gasteiger partial charge in [-0.1, -0.05) is 18.2 Å². The lowest BCUT2D eigenvalue weighted by Gasteiger charge is -2.12. The summed E-state index contributed by atoms with van der Waals surface area (Å²) in [6, 6.07) is 6.47. The van der Waals surface area contributed by atoms with Crippen LogP contribution in [0.1, 0.15) is 0 Å². The molecule has 0 N–H and O–H groups in total. The number of aromatic nitrogens is 1. The van der Waals surface area contributed by atoms with E-state index in [2.05, 4.69) is 4.98 Å².